The van der Waals surface area contributed by atoms with Gasteiger partial charge in [-0.2, -0.15) is 5.90 Å². The van der Waals surface area contributed by atoms with Gasteiger partial charge < -0.3 is 19.0 Å². The molecule has 1 unspecified atom stereocenters. The van der Waals surface area contributed by atoms with Crippen LogP contribution in [0.3, 0.4) is 0 Å². The minimum absolute atomic E-state index is 0.0323. The maximum atomic E-state index is 7.51. The van der Waals surface area contributed by atoms with Gasteiger partial charge in [-0.15, -0.1) is 0 Å². The van der Waals surface area contributed by atoms with E-state index in [9.17, 15) is 0 Å². The van der Waals surface area contributed by atoms with E-state index < -0.39 is 5.60 Å². The van der Waals surface area contributed by atoms with E-state index >= 15 is 0 Å². The molecule has 1 spiro atoms. The second kappa shape index (κ2) is 12.2. The number of methoxy groups -OCH3 is 1. The van der Waals surface area contributed by atoms with Gasteiger partial charge >= 0.3 is 0 Å². The lowest BCUT2D eigenvalue weighted by molar-refractivity contribution is 0.146. The van der Waals surface area contributed by atoms with Gasteiger partial charge in [-0.1, -0.05) is 111 Å². The van der Waals surface area contributed by atoms with Crippen molar-refractivity contribution in [2.24, 2.45) is 5.90 Å². The molecule has 0 aromatic heterocycles. The summed E-state index contributed by atoms with van der Waals surface area (Å²) in [4.78, 5) is 5.05. The lowest BCUT2D eigenvalue weighted by Gasteiger charge is -2.40. The molecule has 2 aliphatic carbocycles. The van der Waals surface area contributed by atoms with Crippen molar-refractivity contribution in [1.29, 1.82) is 0 Å². The molecule has 1 atom stereocenters. The molecule has 47 heavy (non-hydrogen) atoms. The van der Waals surface area contributed by atoms with Gasteiger partial charge in [0.1, 0.15) is 23.9 Å². The molecular formula is C42H41NO4. The molecule has 2 N–H and O–H groups in total. The predicted molar refractivity (Wildman–Crippen MR) is 188 cm³/mol. The molecule has 1 aliphatic heterocycles. The van der Waals surface area contributed by atoms with E-state index in [1.165, 1.54) is 65.3 Å². The Morgan fingerprint density at radius 3 is 2.04 bits per heavy atom. The van der Waals surface area contributed by atoms with E-state index in [-0.39, 0.29) is 5.41 Å². The summed E-state index contributed by atoms with van der Waals surface area (Å²) in [5.41, 5.74) is 8.00. The summed E-state index contributed by atoms with van der Waals surface area (Å²) in [5.74, 6) is 7.85. The Kier molecular flexibility index (Phi) is 7.75. The smallest absolute Gasteiger partial charge is 0.178 e. The highest BCUT2D eigenvalue weighted by Gasteiger charge is 2.48. The maximum absolute atomic E-state index is 7.51. The molecule has 8 rings (SSSR count). The topological polar surface area (TPSA) is 62.9 Å². The third-order valence-electron chi connectivity index (χ3n) is 10.6. The van der Waals surface area contributed by atoms with Crippen LogP contribution >= 0.6 is 0 Å². The summed E-state index contributed by atoms with van der Waals surface area (Å²) in [6, 6.07) is 34.1. The standard InChI is InChI=1S/C42H41NO4/c1-44-27-28-45-31-19-15-29(16-20-31)42(30-17-21-32(47-43)22-18-30)26-23-36-39-38(33-11-5-6-12-34(33)40(36)46-42)35-13-7-8-14-37(35)41(39)24-9-3-2-4-10-25-41/h5-8,11-23,26H,2-4,9-10,24-25,27-28,43H2,1H3. The molecule has 238 valence electrons. The van der Waals surface area contributed by atoms with Gasteiger partial charge in [0.15, 0.2) is 5.60 Å². The van der Waals surface area contributed by atoms with E-state index in [2.05, 4.69) is 72.8 Å². The zero-order valence-corrected chi connectivity index (χ0v) is 27.0. The van der Waals surface area contributed by atoms with Crippen LogP contribution in [0, 0.1) is 0 Å². The quantitative estimate of drug-likeness (QED) is 0.145. The minimum atomic E-state index is -0.887. The lowest BCUT2D eigenvalue weighted by Crippen LogP contribution is -2.35. The van der Waals surface area contributed by atoms with Crippen molar-refractivity contribution in [2.75, 3.05) is 20.3 Å². The first-order valence-corrected chi connectivity index (χ1v) is 17.0. The van der Waals surface area contributed by atoms with Crippen LogP contribution in [0.15, 0.2) is 103 Å². The third kappa shape index (κ3) is 4.83. The van der Waals surface area contributed by atoms with E-state index in [1.807, 2.05) is 36.4 Å². The summed E-state index contributed by atoms with van der Waals surface area (Å²) >= 11 is 0. The lowest BCUT2D eigenvalue weighted by atomic mass is 9.67. The molecule has 1 saturated carbocycles. The van der Waals surface area contributed by atoms with E-state index in [0.29, 0.717) is 19.0 Å². The first kappa shape index (κ1) is 29.8. The second-order valence-corrected chi connectivity index (χ2v) is 13.1. The van der Waals surface area contributed by atoms with Crippen LogP contribution in [0.4, 0.5) is 0 Å². The SMILES string of the molecule is COCCOc1ccc(C2(c3ccc(ON)cc3)C=Cc3c4c(c5ccccc5c3O2)-c2ccccc2C42CCCCCCC2)cc1. The second-order valence-electron chi connectivity index (χ2n) is 13.1. The molecular weight excluding hydrogens is 582 g/mol. The van der Waals surface area contributed by atoms with Crippen molar-refractivity contribution in [3.05, 3.63) is 131 Å². The highest BCUT2D eigenvalue weighted by Crippen LogP contribution is 2.61. The van der Waals surface area contributed by atoms with Gasteiger partial charge in [-0.25, -0.2) is 0 Å². The highest BCUT2D eigenvalue weighted by atomic mass is 16.6. The monoisotopic (exact) mass is 623 g/mol. The number of nitrogens with two attached hydrogens (primary N) is 1. The van der Waals surface area contributed by atoms with E-state index in [4.69, 9.17) is 24.9 Å². The molecule has 5 nitrogen and oxygen atoms in total. The Bertz CT molecular complexity index is 1940. The van der Waals surface area contributed by atoms with Crippen molar-refractivity contribution in [1.82, 2.24) is 0 Å². The van der Waals surface area contributed by atoms with Gasteiger partial charge in [0.25, 0.3) is 0 Å². The Balaban J connectivity index is 1.35. The maximum Gasteiger partial charge on any atom is 0.178 e. The average Bonchev–Trinajstić information content (AvgIpc) is 3.41. The predicted octanol–water partition coefficient (Wildman–Crippen LogP) is 9.48. The fourth-order valence-electron chi connectivity index (χ4n) is 8.45. The highest BCUT2D eigenvalue weighted by molar-refractivity contribution is 6.08. The van der Waals surface area contributed by atoms with Gasteiger partial charge in [0.2, 0.25) is 0 Å². The number of fused-ring (bicyclic) bond motifs is 10. The van der Waals surface area contributed by atoms with Crippen LogP contribution in [0.1, 0.15) is 72.8 Å². The van der Waals surface area contributed by atoms with Crippen molar-refractivity contribution >= 4 is 16.8 Å². The fraction of sp³-hybridized carbons (Fsp3) is 0.286. The molecule has 0 saturated heterocycles. The van der Waals surface area contributed by atoms with Crippen LogP contribution in [-0.2, 0) is 15.8 Å². The number of hydrogen-bond acceptors (Lipinski definition) is 5. The molecule has 3 aliphatic rings. The van der Waals surface area contributed by atoms with Crippen LogP contribution < -0.4 is 20.2 Å². The van der Waals surface area contributed by atoms with Gasteiger partial charge in [-0.05, 0) is 70.8 Å². The molecule has 0 amide bonds. The minimum Gasteiger partial charge on any atom is -0.491 e. The molecule has 5 aromatic carbocycles. The Morgan fingerprint density at radius 2 is 1.34 bits per heavy atom. The van der Waals surface area contributed by atoms with Crippen molar-refractivity contribution in [3.8, 4) is 28.4 Å². The molecule has 5 aromatic rings. The zero-order valence-electron chi connectivity index (χ0n) is 27.0. The van der Waals surface area contributed by atoms with E-state index in [1.54, 1.807) is 7.11 Å². The van der Waals surface area contributed by atoms with Crippen molar-refractivity contribution in [3.63, 3.8) is 0 Å². The van der Waals surface area contributed by atoms with Crippen LogP contribution in [0.25, 0.3) is 28.0 Å². The third-order valence-corrected chi connectivity index (χ3v) is 10.6. The van der Waals surface area contributed by atoms with Crippen molar-refractivity contribution < 1.29 is 19.0 Å². The first-order chi connectivity index (χ1) is 23.2. The Hall–Kier alpha value is -4.58. The molecule has 0 bridgehead atoms. The van der Waals surface area contributed by atoms with Gasteiger partial charge in [0.05, 0.1) is 6.61 Å². The molecule has 1 heterocycles. The summed E-state index contributed by atoms with van der Waals surface area (Å²) in [6.07, 6.45) is 13.3. The van der Waals surface area contributed by atoms with Gasteiger partial charge in [0, 0.05) is 34.6 Å². The number of hydrogen-bond donors (Lipinski definition) is 1. The van der Waals surface area contributed by atoms with E-state index in [0.717, 1.165) is 40.9 Å². The molecule has 1 fully saturated rings. The Labute approximate surface area is 276 Å². The number of rotatable bonds is 7. The molecule has 5 heteroatoms. The first-order valence-electron chi connectivity index (χ1n) is 17.0. The fourth-order valence-corrected chi connectivity index (χ4v) is 8.45. The number of ether oxygens (including phenoxy) is 3. The summed E-state index contributed by atoms with van der Waals surface area (Å²) < 4.78 is 18.6. The summed E-state index contributed by atoms with van der Waals surface area (Å²) in [6.45, 7) is 1.03. The molecule has 0 radical (unpaired) electrons. The largest absolute Gasteiger partial charge is 0.491 e. The number of benzene rings is 5. The van der Waals surface area contributed by atoms with Crippen LogP contribution in [0.2, 0.25) is 0 Å². The summed E-state index contributed by atoms with van der Waals surface area (Å²) in [7, 11) is 1.68. The summed E-state index contributed by atoms with van der Waals surface area (Å²) in [5, 5.41) is 2.39. The average molecular weight is 624 g/mol. The van der Waals surface area contributed by atoms with Crippen molar-refractivity contribution in [2.45, 2.75) is 56.0 Å². The van der Waals surface area contributed by atoms with Crippen LogP contribution in [-0.4, -0.2) is 20.3 Å². The normalized spacial score (nSPS) is 19.3. The van der Waals surface area contributed by atoms with Crippen LogP contribution in [0.5, 0.6) is 17.2 Å². The van der Waals surface area contributed by atoms with Gasteiger partial charge in [-0.3, -0.25) is 0 Å². The Morgan fingerprint density at radius 1 is 0.702 bits per heavy atom. The zero-order chi connectivity index (χ0) is 31.8.